The summed E-state index contributed by atoms with van der Waals surface area (Å²) in [5.41, 5.74) is 0. The summed E-state index contributed by atoms with van der Waals surface area (Å²) in [5, 5.41) is 18.5. The van der Waals surface area contributed by atoms with Crippen LogP contribution in [0.5, 0.6) is 0 Å². The van der Waals surface area contributed by atoms with Crippen molar-refractivity contribution in [2.75, 3.05) is 13.7 Å². The lowest BCUT2D eigenvalue weighted by molar-refractivity contribution is -0.333. The Hall–Kier alpha value is -0.0500. The minimum Gasteiger partial charge on any atom is -0.366 e. The lowest BCUT2D eigenvalue weighted by Gasteiger charge is -2.35. The average Bonchev–Trinajstić information content (AvgIpc) is 2.22. The van der Waals surface area contributed by atoms with Crippen molar-refractivity contribution in [3.63, 3.8) is 0 Å². The number of phosphoric acid groups is 1. The molecule has 1 rings (SSSR count). The first-order valence-corrected chi connectivity index (χ1v) is 6.05. The van der Waals surface area contributed by atoms with Crippen LogP contribution < -0.4 is 0 Å². The number of rotatable bonds is 4. The molecule has 0 saturated carbocycles. The van der Waals surface area contributed by atoms with E-state index in [9.17, 15) is 9.67 Å². The fourth-order valence-electron chi connectivity index (χ4n) is 1.09. The van der Waals surface area contributed by atoms with Gasteiger partial charge in [-0.15, -0.1) is 0 Å². The molecule has 0 aliphatic carbocycles. The minimum atomic E-state index is -4.11. The molecular formula is C7H15O8P. The topological polar surface area (TPSA) is 115 Å². The van der Waals surface area contributed by atoms with E-state index in [-0.39, 0.29) is 6.61 Å². The van der Waals surface area contributed by atoms with Gasteiger partial charge in [-0.25, -0.2) is 4.57 Å². The maximum Gasteiger partial charge on any atom is 0.472 e. The maximum absolute atomic E-state index is 11.0. The molecule has 1 aliphatic heterocycles. The number of hydrogen-bond acceptors (Lipinski definition) is 7. The summed E-state index contributed by atoms with van der Waals surface area (Å²) in [6, 6.07) is 0. The highest BCUT2D eigenvalue weighted by molar-refractivity contribution is 7.47. The van der Waals surface area contributed by atoms with Gasteiger partial charge in [-0.2, -0.15) is 0 Å². The molecule has 0 radical (unpaired) electrons. The smallest absolute Gasteiger partial charge is 0.366 e. The summed E-state index contributed by atoms with van der Waals surface area (Å²) in [5.74, 6) is 0. The number of aliphatic hydroxyl groups is 2. The van der Waals surface area contributed by atoms with Crippen molar-refractivity contribution in [1.82, 2.24) is 0 Å². The van der Waals surface area contributed by atoms with E-state index in [0.29, 0.717) is 0 Å². The van der Waals surface area contributed by atoms with Crippen LogP contribution in [0.4, 0.5) is 0 Å². The summed E-state index contributed by atoms with van der Waals surface area (Å²) in [6.45, 7) is 1.14. The molecule has 0 aromatic rings. The van der Waals surface area contributed by atoms with Crippen molar-refractivity contribution in [2.24, 2.45) is 0 Å². The van der Waals surface area contributed by atoms with Crippen LogP contribution in [0.25, 0.3) is 0 Å². The van der Waals surface area contributed by atoms with Crippen LogP contribution in [0, 0.1) is 0 Å². The third kappa shape index (κ3) is 3.76. The van der Waals surface area contributed by atoms with E-state index >= 15 is 0 Å². The summed E-state index contributed by atoms with van der Waals surface area (Å²) in [7, 11) is -3.10. The maximum atomic E-state index is 11.0. The molecule has 3 N–H and O–H groups in total. The van der Waals surface area contributed by atoms with Crippen molar-refractivity contribution in [1.29, 1.82) is 0 Å². The van der Waals surface area contributed by atoms with E-state index in [0.717, 1.165) is 7.11 Å². The predicted octanol–water partition coefficient (Wildman–Crippen LogP) is -0.810. The van der Waals surface area contributed by atoms with Gasteiger partial charge < -0.3 is 24.6 Å². The Morgan fingerprint density at radius 2 is 1.94 bits per heavy atom. The molecule has 1 fully saturated rings. The largest absolute Gasteiger partial charge is 0.472 e. The van der Waals surface area contributed by atoms with Crippen molar-refractivity contribution in [3.8, 4) is 0 Å². The van der Waals surface area contributed by atoms with Crippen molar-refractivity contribution >= 4 is 7.82 Å². The Kier molecular flexibility index (Phi) is 4.84. The van der Waals surface area contributed by atoms with Crippen molar-refractivity contribution < 1.29 is 38.2 Å². The van der Waals surface area contributed by atoms with Crippen LogP contribution in [0.15, 0.2) is 0 Å². The number of phosphoric ester groups is 1. The molecular weight excluding hydrogens is 243 g/mol. The summed E-state index contributed by atoms with van der Waals surface area (Å²) in [4.78, 5) is 8.94. The van der Waals surface area contributed by atoms with Gasteiger partial charge in [0.2, 0.25) is 0 Å². The van der Waals surface area contributed by atoms with Crippen LogP contribution in [-0.2, 0) is 23.1 Å². The molecule has 0 aromatic carbocycles. The Bertz CT molecular complexity index is 271. The third-order valence-corrected chi connectivity index (χ3v) is 2.96. The Morgan fingerprint density at radius 1 is 1.31 bits per heavy atom. The van der Waals surface area contributed by atoms with Gasteiger partial charge in [0.1, 0.15) is 12.2 Å². The molecule has 96 valence electrons. The van der Waals surface area contributed by atoms with Crippen LogP contribution in [0.1, 0.15) is 6.92 Å². The van der Waals surface area contributed by atoms with Crippen LogP contribution >= 0.6 is 7.82 Å². The summed E-state index contributed by atoms with van der Waals surface area (Å²) < 4.78 is 29.5. The molecule has 1 aliphatic rings. The SMILES string of the molecule is COP(=O)(O)OCC1OC(C)C(O)OC1O. The van der Waals surface area contributed by atoms with Gasteiger partial charge >= 0.3 is 7.82 Å². The fourth-order valence-corrected chi connectivity index (χ4v) is 1.53. The average molecular weight is 258 g/mol. The first-order valence-electron chi connectivity index (χ1n) is 4.56. The van der Waals surface area contributed by atoms with Gasteiger partial charge in [0, 0.05) is 7.11 Å². The van der Waals surface area contributed by atoms with Crippen LogP contribution in [0.3, 0.4) is 0 Å². The molecule has 5 atom stereocenters. The van der Waals surface area contributed by atoms with Gasteiger partial charge in [-0.1, -0.05) is 0 Å². The van der Waals surface area contributed by atoms with E-state index in [4.69, 9.17) is 19.5 Å². The second-order valence-electron chi connectivity index (χ2n) is 3.24. The third-order valence-electron chi connectivity index (χ3n) is 2.02. The minimum absolute atomic E-state index is 0.389. The van der Waals surface area contributed by atoms with Gasteiger partial charge in [-0.3, -0.25) is 9.05 Å². The second kappa shape index (κ2) is 5.52. The molecule has 9 heteroatoms. The Balaban J connectivity index is 2.45. The van der Waals surface area contributed by atoms with Gasteiger partial charge in [0.05, 0.1) is 6.61 Å². The second-order valence-corrected chi connectivity index (χ2v) is 4.80. The van der Waals surface area contributed by atoms with Crippen molar-refractivity contribution in [3.05, 3.63) is 0 Å². The van der Waals surface area contributed by atoms with E-state index in [2.05, 4.69) is 9.05 Å². The zero-order valence-electron chi connectivity index (χ0n) is 8.85. The monoisotopic (exact) mass is 258 g/mol. The van der Waals surface area contributed by atoms with Crippen LogP contribution in [0.2, 0.25) is 0 Å². The summed E-state index contributed by atoms with van der Waals surface area (Å²) >= 11 is 0. The molecule has 1 saturated heterocycles. The number of hydrogen-bond donors (Lipinski definition) is 3. The van der Waals surface area contributed by atoms with E-state index in [1.807, 2.05) is 0 Å². The quantitative estimate of drug-likeness (QED) is 0.561. The molecule has 5 unspecified atom stereocenters. The first kappa shape index (κ1) is 14.0. The molecule has 1 heterocycles. The fraction of sp³-hybridized carbons (Fsp3) is 1.00. The Labute approximate surface area is 92.3 Å². The van der Waals surface area contributed by atoms with Gasteiger partial charge in [-0.05, 0) is 6.92 Å². The highest BCUT2D eigenvalue weighted by atomic mass is 31.2. The zero-order chi connectivity index (χ0) is 12.3. The number of aliphatic hydroxyl groups excluding tert-OH is 2. The lowest BCUT2D eigenvalue weighted by Crippen LogP contribution is -2.49. The zero-order valence-corrected chi connectivity index (χ0v) is 9.74. The summed E-state index contributed by atoms with van der Waals surface area (Å²) in [6.07, 6.45) is -4.30. The van der Waals surface area contributed by atoms with E-state index in [1.54, 1.807) is 0 Å². The molecule has 16 heavy (non-hydrogen) atoms. The lowest BCUT2D eigenvalue weighted by atomic mass is 10.3. The van der Waals surface area contributed by atoms with Crippen molar-refractivity contribution in [2.45, 2.75) is 31.7 Å². The molecule has 0 bridgehead atoms. The number of ether oxygens (including phenoxy) is 2. The molecule has 0 spiro atoms. The molecule has 0 aromatic heterocycles. The van der Waals surface area contributed by atoms with Gasteiger partial charge in [0.25, 0.3) is 0 Å². The standard InChI is InChI=1S/C7H15O8P/c1-4-6(8)15-7(9)5(14-4)3-13-16(10,11)12-2/h4-9H,3H2,1-2H3,(H,10,11). The first-order chi connectivity index (χ1) is 7.35. The molecule has 0 amide bonds. The Morgan fingerprint density at radius 3 is 2.50 bits per heavy atom. The van der Waals surface area contributed by atoms with Gasteiger partial charge in [0.15, 0.2) is 12.6 Å². The molecule has 8 nitrogen and oxygen atoms in total. The predicted molar refractivity (Wildman–Crippen MR) is 50.2 cm³/mol. The highest BCUT2D eigenvalue weighted by Crippen LogP contribution is 2.42. The van der Waals surface area contributed by atoms with E-state index < -0.39 is 32.6 Å². The highest BCUT2D eigenvalue weighted by Gasteiger charge is 2.36. The van der Waals surface area contributed by atoms with Crippen LogP contribution in [-0.4, -0.2) is 53.6 Å². The van der Waals surface area contributed by atoms with E-state index in [1.165, 1.54) is 6.92 Å². The normalized spacial score (nSPS) is 39.3.